The fourth-order valence-corrected chi connectivity index (χ4v) is 2.58. The molecule has 1 fully saturated rings. The van der Waals surface area contributed by atoms with Crippen molar-refractivity contribution in [2.45, 2.75) is 19.0 Å². The third-order valence-electron chi connectivity index (χ3n) is 3.21. The number of halogens is 4. The first-order chi connectivity index (χ1) is 8.91. The van der Waals surface area contributed by atoms with Crippen molar-refractivity contribution in [2.24, 2.45) is 5.92 Å². The first-order valence-corrected chi connectivity index (χ1v) is 6.64. The summed E-state index contributed by atoms with van der Waals surface area (Å²) in [5.41, 5.74) is 0.629. The first-order valence-electron chi connectivity index (χ1n) is 5.85. The number of piperidine rings is 1. The van der Waals surface area contributed by atoms with Crippen LogP contribution < -0.4 is 4.90 Å². The molecular weight excluding hydrogens is 325 g/mol. The second kappa shape index (κ2) is 5.48. The van der Waals surface area contributed by atoms with Gasteiger partial charge < -0.3 is 4.90 Å². The lowest BCUT2D eigenvalue weighted by molar-refractivity contribution is -0.175. The standard InChI is InChI=1S/C12H12BrF3N2O/c13-11-4-3-10(9(7-19)17-11)18-5-1-2-8(6-18)12(14,15)16/h3-4,7-8H,1-2,5-6H2. The minimum absolute atomic E-state index is 0.117. The van der Waals surface area contributed by atoms with Gasteiger partial charge >= 0.3 is 6.18 Å². The lowest BCUT2D eigenvalue weighted by Gasteiger charge is -2.35. The number of rotatable bonds is 2. The van der Waals surface area contributed by atoms with Crippen LogP contribution in [0.1, 0.15) is 23.3 Å². The smallest absolute Gasteiger partial charge is 0.369 e. The number of anilines is 1. The molecule has 19 heavy (non-hydrogen) atoms. The minimum atomic E-state index is -4.19. The molecule has 1 saturated heterocycles. The molecule has 0 aromatic carbocycles. The van der Waals surface area contributed by atoms with E-state index in [1.807, 2.05) is 0 Å². The van der Waals surface area contributed by atoms with Crippen LogP contribution >= 0.6 is 15.9 Å². The molecule has 1 aromatic heterocycles. The van der Waals surface area contributed by atoms with E-state index in [0.717, 1.165) is 0 Å². The Labute approximate surface area is 116 Å². The fourth-order valence-electron chi connectivity index (χ4n) is 2.26. The molecule has 0 amide bonds. The molecular formula is C12H12BrF3N2O. The van der Waals surface area contributed by atoms with Gasteiger partial charge in [0, 0.05) is 13.1 Å². The predicted octanol–water partition coefficient (Wildman–Crippen LogP) is 3.44. The summed E-state index contributed by atoms with van der Waals surface area (Å²) in [6, 6.07) is 3.25. The van der Waals surface area contributed by atoms with Crippen molar-refractivity contribution in [3.05, 3.63) is 22.4 Å². The Bertz CT molecular complexity index is 479. The molecule has 1 atom stereocenters. The number of carbonyl (C=O) groups is 1. The van der Waals surface area contributed by atoms with Crippen LogP contribution in [0.2, 0.25) is 0 Å². The summed E-state index contributed by atoms with van der Waals surface area (Å²) < 4.78 is 38.8. The Morgan fingerprint density at radius 1 is 1.42 bits per heavy atom. The predicted molar refractivity (Wildman–Crippen MR) is 68.3 cm³/mol. The average molecular weight is 337 g/mol. The highest BCUT2D eigenvalue weighted by atomic mass is 79.9. The minimum Gasteiger partial charge on any atom is -0.369 e. The Morgan fingerprint density at radius 2 is 2.16 bits per heavy atom. The van der Waals surface area contributed by atoms with Crippen molar-refractivity contribution in [1.82, 2.24) is 4.98 Å². The van der Waals surface area contributed by atoms with E-state index in [1.54, 1.807) is 17.0 Å². The molecule has 2 rings (SSSR count). The highest BCUT2D eigenvalue weighted by Crippen LogP contribution is 2.35. The molecule has 7 heteroatoms. The molecule has 0 radical (unpaired) electrons. The van der Waals surface area contributed by atoms with Gasteiger partial charge in [-0.2, -0.15) is 13.2 Å². The maximum Gasteiger partial charge on any atom is 0.393 e. The van der Waals surface area contributed by atoms with Gasteiger partial charge in [0.2, 0.25) is 0 Å². The summed E-state index contributed by atoms with van der Waals surface area (Å²) in [4.78, 5) is 16.5. The van der Waals surface area contributed by atoms with E-state index in [1.165, 1.54) is 0 Å². The van der Waals surface area contributed by atoms with Gasteiger partial charge in [-0.15, -0.1) is 0 Å². The molecule has 0 bridgehead atoms. The summed E-state index contributed by atoms with van der Waals surface area (Å²) in [6.07, 6.45) is -3.03. The number of carbonyl (C=O) groups excluding carboxylic acids is 1. The van der Waals surface area contributed by atoms with Crippen LogP contribution in [-0.4, -0.2) is 30.5 Å². The van der Waals surface area contributed by atoms with Gasteiger partial charge in [-0.3, -0.25) is 4.79 Å². The number of aldehydes is 1. The van der Waals surface area contributed by atoms with E-state index in [-0.39, 0.29) is 18.7 Å². The lowest BCUT2D eigenvalue weighted by atomic mass is 9.97. The monoisotopic (exact) mass is 336 g/mol. The van der Waals surface area contributed by atoms with Crippen molar-refractivity contribution in [2.75, 3.05) is 18.0 Å². The molecule has 1 aliphatic rings. The van der Waals surface area contributed by atoms with Crippen molar-refractivity contribution in [3.63, 3.8) is 0 Å². The largest absolute Gasteiger partial charge is 0.393 e. The Morgan fingerprint density at radius 3 is 2.79 bits per heavy atom. The van der Waals surface area contributed by atoms with E-state index < -0.39 is 12.1 Å². The number of hydrogen-bond acceptors (Lipinski definition) is 3. The van der Waals surface area contributed by atoms with Crippen molar-refractivity contribution >= 4 is 27.9 Å². The molecule has 0 saturated carbocycles. The summed E-state index contributed by atoms with van der Waals surface area (Å²) in [5, 5.41) is 0. The van der Waals surface area contributed by atoms with Crippen LogP contribution in [0.25, 0.3) is 0 Å². The van der Waals surface area contributed by atoms with Gasteiger partial charge in [-0.05, 0) is 40.9 Å². The third kappa shape index (κ3) is 3.26. The number of alkyl halides is 3. The molecule has 1 aliphatic heterocycles. The SMILES string of the molecule is O=Cc1nc(Br)ccc1N1CCCC(C(F)(F)F)C1. The van der Waals surface area contributed by atoms with E-state index >= 15 is 0 Å². The molecule has 0 aliphatic carbocycles. The van der Waals surface area contributed by atoms with Crippen molar-refractivity contribution < 1.29 is 18.0 Å². The fraction of sp³-hybridized carbons (Fsp3) is 0.500. The zero-order valence-electron chi connectivity index (χ0n) is 9.95. The first kappa shape index (κ1) is 14.3. The third-order valence-corrected chi connectivity index (χ3v) is 3.65. The van der Waals surface area contributed by atoms with Crippen LogP contribution in [0.5, 0.6) is 0 Å². The van der Waals surface area contributed by atoms with E-state index in [9.17, 15) is 18.0 Å². The quantitative estimate of drug-likeness (QED) is 0.612. The number of nitrogens with zero attached hydrogens (tertiary/aromatic N) is 2. The molecule has 104 valence electrons. The van der Waals surface area contributed by atoms with Gasteiger partial charge in [0.1, 0.15) is 10.3 Å². The number of aromatic nitrogens is 1. The molecule has 2 heterocycles. The van der Waals surface area contributed by atoms with E-state index in [2.05, 4.69) is 20.9 Å². The summed E-state index contributed by atoms with van der Waals surface area (Å²) >= 11 is 3.14. The van der Waals surface area contributed by atoms with Crippen LogP contribution in [0.15, 0.2) is 16.7 Å². The number of pyridine rings is 1. The molecule has 0 spiro atoms. The van der Waals surface area contributed by atoms with Gasteiger partial charge in [-0.25, -0.2) is 4.98 Å². The maximum atomic E-state index is 12.8. The normalized spacial score (nSPS) is 20.4. The van der Waals surface area contributed by atoms with Gasteiger partial charge in [0.25, 0.3) is 0 Å². The topological polar surface area (TPSA) is 33.2 Å². The molecule has 3 nitrogen and oxygen atoms in total. The van der Waals surface area contributed by atoms with E-state index in [4.69, 9.17) is 0 Å². The maximum absolute atomic E-state index is 12.8. The zero-order valence-corrected chi connectivity index (χ0v) is 11.5. The van der Waals surface area contributed by atoms with Gasteiger partial charge in [0.05, 0.1) is 11.6 Å². The Balaban J connectivity index is 2.24. The van der Waals surface area contributed by atoms with Crippen LogP contribution in [0.3, 0.4) is 0 Å². The van der Waals surface area contributed by atoms with E-state index in [0.29, 0.717) is 29.5 Å². The summed E-state index contributed by atoms with van der Waals surface area (Å²) in [6.45, 7) is 0.393. The van der Waals surface area contributed by atoms with Crippen LogP contribution in [-0.2, 0) is 0 Å². The lowest BCUT2D eigenvalue weighted by Crippen LogP contribution is -2.42. The summed E-state index contributed by atoms with van der Waals surface area (Å²) in [5.74, 6) is -1.34. The molecule has 0 N–H and O–H groups in total. The van der Waals surface area contributed by atoms with Crippen molar-refractivity contribution in [3.8, 4) is 0 Å². The highest BCUT2D eigenvalue weighted by Gasteiger charge is 2.42. The number of hydrogen-bond donors (Lipinski definition) is 0. The van der Waals surface area contributed by atoms with Crippen LogP contribution in [0.4, 0.5) is 18.9 Å². The summed E-state index contributed by atoms with van der Waals surface area (Å²) in [7, 11) is 0. The van der Waals surface area contributed by atoms with Gasteiger partial charge in [-0.1, -0.05) is 0 Å². The second-order valence-electron chi connectivity index (χ2n) is 4.48. The highest BCUT2D eigenvalue weighted by molar-refractivity contribution is 9.10. The Kier molecular flexibility index (Phi) is 4.13. The zero-order chi connectivity index (χ0) is 14.0. The second-order valence-corrected chi connectivity index (χ2v) is 5.30. The van der Waals surface area contributed by atoms with Gasteiger partial charge in [0.15, 0.2) is 6.29 Å². The van der Waals surface area contributed by atoms with Crippen LogP contribution in [0, 0.1) is 5.92 Å². The average Bonchev–Trinajstić information content (AvgIpc) is 2.37. The molecule has 1 unspecified atom stereocenters. The molecule has 1 aromatic rings. The Hall–Kier alpha value is -1.11. The van der Waals surface area contributed by atoms with Crippen molar-refractivity contribution in [1.29, 1.82) is 0 Å².